The van der Waals surface area contributed by atoms with Crippen molar-refractivity contribution in [3.63, 3.8) is 0 Å². The molecule has 0 aliphatic heterocycles. The summed E-state index contributed by atoms with van der Waals surface area (Å²) in [5.41, 5.74) is 2.23. The van der Waals surface area contributed by atoms with E-state index in [0.29, 0.717) is 36.4 Å². The third-order valence-corrected chi connectivity index (χ3v) is 4.60. The van der Waals surface area contributed by atoms with Crippen LogP contribution in [0.5, 0.6) is 0 Å². The molecule has 0 unspecified atom stereocenters. The highest BCUT2D eigenvalue weighted by molar-refractivity contribution is 7.99. The van der Waals surface area contributed by atoms with Gasteiger partial charge >= 0.3 is 5.97 Å². The summed E-state index contributed by atoms with van der Waals surface area (Å²) < 4.78 is 0. The molecule has 0 bridgehead atoms. The van der Waals surface area contributed by atoms with E-state index in [1.807, 2.05) is 24.3 Å². The van der Waals surface area contributed by atoms with Crippen molar-refractivity contribution < 1.29 is 19.5 Å². The molecule has 0 aliphatic carbocycles. The molecule has 0 fully saturated rings. The Hall–Kier alpha value is -2.80. The Morgan fingerprint density at radius 1 is 1.00 bits per heavy atom. The molecule has 2 aromatic rings. The van der Waals surface area contributed by atoms with Crippen molar-refractivity contribution in [2.75, 3.05) is 17.6 Å². The molecule has 2 aromatic carbocycles. The number of rotatable bonds is 10. The molecule has 142 valence electrons. The number of amides is 2. The van der Waals surface area contributed by atoms with E-state index in [1.54, 1.807) is 30.3 Å². The predicted molar refractivity (Wildman–Crippen MR) is 107 cm³/mol. The predicted octanol–water partition coefficient (Wildman–Crippen LogP) is 3.15. The second kappa shape index (κ2) is 11.0. The van der Waals surface area contributed by atoms with Gasteiger partial charge < -0.3 is 15.7 Å². The van der Waals surface area contributed by atoms with Crippen LogP contribution in [-0.2, 0) is 15.3 Å². The molecule has 0 atom stereocenters. The fourth-order valence-electron chi connectivity index (χ4n) is 2.36. The monoisotopic (exact) mass is 386 g/mol. The van der Waals surface area contributed by atoms with Gasteiger partial charge in [-0.05, 0) is 36.2 Å². The molecular formula is C20H22N2O4S. The Morgan fingerprint density at radius 2 is 1.78 bits per heavy atom. The Bertz CT molecular complexity index is 781. The number of carboxylic acids is 1. The first-order valence-electron chi connectivity index (χ1n) is 8.56. The van der Waals surface area contributed by atoms with Gasteiger partial charge in [0.15, 0.2) is 0 Å². The highest BCUT2D eigenvalue weighted by Crippen LogP contribution is 2.16. The Labute approximate surface area is 162 Å². The van der Waals surface area contributed by atoms with E-state index >= 15 is 0 Å². The number of anilines is 1. The third kappa shape index (κ3) is 7.96. The number of aliphatic carboxylic acids is 1. The van der Waals surface area contributed by atoms with Gasteiger partial charge in [-0.2, -0.15) is 0 Å². The maximum atomic E-state index is 12.0. The smallest absolute Gasteiger partial charge is 0.313 e. The lowest BCUT2D eigenvalue weighted by molar-refractivity contribution is -0.133. The Balaban J connectivity index is 1.69. The van der Waals surface area contributed by atoms with Crippen molar-refractivity contribution in [1.82, 2.24) is 5.32 Å². The van der Waals surface area contributed by atoms with Gasteiger partial charge in [-0.3, -0.25) is 14.4 Å². The van der Waals surface area contributed by atoms with Crippen LogP contribution in [0.15, 0.2) is 54.6 Å². The lowest BCUT2D eigenvalue weighted by atomic mass is 10.2. The maximum absolute atomic E-state index is 12.0. The van der Waals surface area contributed by atoms with Crippen molar-refractivity contribution in [3.8, 4) is 0 Å². The normalized spacial score (nSPS) is 10.2. The van der Waals surface area contributed by atoms with Crippen LogP contribution in [0.25, 0.3) is 0 Å². The minimum Gasteiger partial charge on any atom is -0.481 e. The van der Waals surface area contributed by atoms with Crippen molar-refractivity contribution in [2.24, 2.45) is 0 Å². The summed E-state index contributed by atoms with van der Waals surface area (Å²) >= 11 is 1.31. The van der Waals surface area contributed by atoms with Crippen molar-refractivity contribution in [3.05, 3.63) is 65.7 Å². The van der Waals surface area contributed by atoms with Gasteiger partial charge in [0.1, 0.15) is 0 Å². The molecular weight excluding hydrogens is 364 g/mol. The van der Waals surface area contributed by atoms with Crippen LogP contribution >= 0.6 is 11.8 Å². The zero-order valence-electron chi connectivity index (χ0n) is 14.8. The summed E-state index contributed by atoms with van der Waals surface area (Å²) in [4.78, 5) is 34.5. The lowest BCUT2D eigenvalue weighted by Gasteiger charge is -2.08. The number of nitrogens with one attached hydrogen (secondary N) is 2. The first kappa shape index (κ1) is 20.5. The van der Waals surface area contributed by atoms with Crippen LogP contribution in [0.2, 0.25) is 0 Å². The number of thioether (sulfide) groups is 1. The summed E-state index contributed by atoms with van der Waals surface area (Å²) in [6, 6.07) is 16.3. The van der Waals surface area contributed by atoms with Gasteiger partial charge in [0.25, 0.3) is 5.91 Å². The van der Waals surface area contributed by atoms with E-state index in [4.69, 9.17) is 5.11 Å². The first-order valence-corrected chi connectivity index (χ1v) is 9.71. The van der Waals surface area contributed by atoms with E-state index in [0.717, 1.165) is 5.56 Å². The number of carboxylic acid groups (broad SMARTS) is 1. The van der Waals surface area contributed by atoms with Gasteiger partial charge in [-0.15, -0.1) is 11.8 Å². The molecule has 6 nitrogen and oxygen atoms in total. The van der Waals surface area contributed by atoms with Crippen LogP contribution in [0, 0.1) is 0 Å². The molecule has 27 heavy (non-hydrogen) atoms. The lowest BCUT2D eigenvalue weighted by Crippen LogP contribution is -2.25. The zero-order valence-corrected chi connectivity index (χ0v) is 15.6. The molecule has 2 amide bonds. The van der Waals surface area contributed by atoms with E-state index < -0.39 is 5.97 Å². The molecule has 0 saturated heterocycles. The molecule has 0 spiro atoms. The Kier molecular flexibility index (Phi) is 8.38. The van der Waals surface area contributed by atoms with Crippen molar-refractivity contribution in [2.45, 2.75) is 18.6 Å². The minimum absolute atomic E-state index is 0.0469. The molecule has 7 heteroatoms. The third-order valence-electron chi connectivity index (χ3n) is 3.61. The number of hydrogen-bond donors (Lipinski definition) is 3. The highest BCUT2D eigenvalue weighted by Gasteiger charge is 2.06. The van der Waals surface area contributed by atoms with Gasteiger partial charge in [-0.25, -0.2) is 0 Å². The van der Waals surface area contributed by atoms with E-state index in [1.165, 1.54) is 11.8 Å². The van der Waals surface area contributed by atoms with Crippen LogP contribution in [0.1, 0.15) is 28.8 Å². The van der Waals surface area contributed by atoms with Crippen molar-refractivity contribution >= 4 is 35.2 Å². The quantitative estimate of drug-likeness (QED) is 0.545. The van der Waals surface area contributed by atoms with Gasteiger partial charge in [-0.1, -0.05) is 30.3 Å². The average molecular weight is 386 g/mol. The van der Waals surface area contributed by atoms with E-state index in [2.05, 4.69) is 10.6 Å². The number of carbonyl (C=O) groups excluding carboxylic acids is 2. The number of benzene rings is 2. The first-order chi connectivity index (χ1) is 13.0. The molecule has 0 heterocycles. The van der Waals surface area contributed by atoms with Crippen molar-refractivity contribution in [1.29, 1.82) is 0 Å². The largest absolute Gasteiger partial charge is 0.481 e. The maximum Gasteiger partial charge on any atom is 0.313 e. The SMILES string of the molecule is O=C(O)CSCc1cccc(NC(=O)CCCNC(=O)c2ccccc2)c1. The average Bonchev–Trinajstić information content (AvgIpc) is 2.66. The molecule has 0 saturated carbocycles. The topological polar surface area (TPSA) is 95.5 Å². The van der Waals surface area contributed by atoms with Crippen LogP contribution in [0.3, 0.4) is 0 Å². The van der Waals surface area contributed by atoms with Gasteiger partial charge in [0.2, 0.25) is 5.91 Å². The summed E-state index contributed by atoms with van der Waals surface area (Å²) in [6.45, 7) is 0.424. The molecule has 0 radical (unpaired) electrons. The number of hydrogen-bond acceptors (Lipinski definition) is 4. The second-order valence-corrected chi connectivity index (χ2v) is 6.85. The summed E-state index contributed by atoms with van der Waals surface area (Å²) in [5, 5.41) is 14.3. The van der Waals surface area contributed by atoms with E-state index in [9.17, 15) is 14.4 Å². The summed E-state index contributed by atoms with van der Waals surface area (Å²) in [5.74, 6) is -0.502. The van der Waals surface area contributed by atoms with Crippen LogP contribution in [-0.4, -0.2) is 35.2 Å². The molecule has 2 rings (SSSR count). The van der Waals surface area contributed by atoms with Gasteiger partial charge in [0, 0.05) is 30.0 Å². The van der Waals surface area contributed by atoms with Gasteiger partial charge in [0.05, 0.1) is 5.75 Å². The standard InChI is InChI=1S/C20H22N2O4S/c23-18(10-5-11-21-20(26)16-7-2-1-3-8-16)22-17-9-4-6-15(12-17)13-27-14-19(24)25/h1-4,6-9,12H,5,10-11,13-14H2,(H,21,26)(H,22,23)(H,24,25). The second-order valence-electron chi connectivity index (χ2n) is 5.86. The number of carbonyl (C=O) groups is 3. The summed E-state index contributed by atoms with van der Waals surface area (Å²) in [6.07, 6.45) is 0.839. The molecule has 0 aromatic heterocycles. The molecule has 0 aliphatic rings. The Morgan fingerprint density at radius 3 is 2.52 bits per heavy atom. The zero-order chi connectivity index (χ0) is 19.5. The van der Waals surface area contributed by atoms with E-state index in [-0.39, 0.29) is 17.6 Å². The fraction of sp³-hybridized carbons (Fsp3) is 0.250. The highest BCUT2D eigenvalue weighted by atomic mass is 32.2. The molecule has 3 N–H and O–H groups in total. The minimum atomic E-state index is -0.844. The summed E-state index contributed by atoms with van der Waals surface area (Å²) in [7, 11) is 0. The van der Waals surface area contributed by atoms with Crippen LogP contribution < -0.4 is 10.6 Å². The van der Waals surface area contributed by atoms with Crippen LogP contribution in [0.4, 0.5) is 5.69 Å². The fourth-order valence-corrected chi connectivity index (χ4v) is 3.05.